The first kappa shape index (κ1) is 14.6. The molecule has 0 saturated carbocycles. The van der Waals surface area contributed by atoms with E-state index in [2.05, 4.69) is 5.32 Å². The number of hydrogen-bond donors (Lipinski definition) is 1. The average molecular weight is 273 g/mol. The molecule has 0 bridgehead atoms. The molecule has 0 fully saturated rings. The fourth-order valence-electron chi connectivity index (χ4n) is 1.62. The van der Waals surface area contributed by atoms with Gasteiger partial charge in [0.15, 0.2) is 0 Å². The van der Waals surface area contributed by atoms with Gasteiger partial charge in [-0.25, -0.2) is 12.8 Å². The minimum atomic E-state index is -3.18. The normalized spacial score (nSPS) is 13.1. The molecule has 0 spiro atoms. The number of nitrogens with one attached hydrogen (secondary N) is 1. The summed E-state index contributed by atoms with van der Waals surface area (Å²) in [6.07, 6.45) is 1.09. The topological polar surface area (TPSA) is 63.2 Å². The Morgan fingerprint density at radius 3 is 2.61 bits per heavy atom. The molecule has 4 nitrogen and oxygen atoms in total. The second kappa shape index (κ2) is 5.48. The quantitative estimate of drug-likeness (QED) is 0.899. The van der Waals surface area contributed by atoms with Crippen LogP contribution in [0, 0.1) is 12.7 Å². The molecule has 100 valence electrons. The van der Waals surface area contributed by atoms with Crippen LogP contribution in [0.2, 0.25) is 0 Å². The lowest BCUT2D eigenvalue weighted by Gasteiger charge is -2.13. The number of hydrogen-bond acceptors (Lipinski definition) is 3. The smallest absolute Gasteiger partial charge is 0.254 e. The minimum Gasteiger partial charge on any atom is -0.348 e. The zero-order chi connectivity index (χ0) is 13.9. The van der Waals surface area contributed by atoms with Gasteiger partial charge >= 0.3 is 0 Å². The van der Waals surface area contributed by atoms with Gasteiger partial charge in [-0.15, -0.1) is 0 Å². The molecular weight excluding hydrogens is 257 g/mol. The summed E-state index contributed by atoms with van der Waals surface area (Å²) in [5, 5.41) is 2.46. The van der Waals surface area contributed by atoms with Gasteiger partial charge in [-0.3, -0.25) is 4.79 Å². The van der Waals surface area contributed by atoms with Crippen LogP contribution in [-0.2, 0) is 9.84 Å². The molecule has 1 aromatic rings. The molecule has 1 atom stereocenters. The van der Waals surface area contributed by atoms with Crippen LogP contribution in [0.15, 0.2) is 18.2 Å². The second-order valence-corrected chi connectivity index (χ2v) is 6.59. The lowest BCUT2D eigenvalue weighted by molar-refractivity contribution is 0.0939. The summed E-state index contributed by atoms with van der Waals surface area (Å²) >= 11 is 0. The Kier molecular flexibility index (Phi) is 4.45. The summed E-state index contributed by atoms with van der Waals surface area (Å²) in [6, 6.07) is 3.94. The maximum atomic E-state index is 13.7. The monoisotopic (exact) mass is 273 g/mol. The van der Waals surface area contributed by atoms with E-state index in [1.165, 1.54) is 6.07 Å². The first-order chi connectivity index (χ1) is 8.20. The number of aryl methyl sites for hydroxylation is 1. The molecule has 0 aliphatic rings. The third-order valence-corrected chi connectivity index (χ3v) is 3.47. The van der Waals surface area contributed by atoms with Crippen LogP contribution in [0.5, 0.6) is 0 Å². The van der Waals surface area contributed by atoms with Gasteiger partial charge in [-0.05, 0) is 25.5 Å². The predicted molar refractivity (Wildman–Crippen MR) is 67.8 cm³/mol. The molecule has 18 heavy (non-hydrogen) atoms. The molecule has 0 radical (unpaired) electrons. The number of halogens is 1. The van der Waals surface area contributed by atoms with Crippen LogP contribution in [0.25, 0.3) is 0 Å². The van der Waals surface area contributed by atoms with E-state index in [4.69, 9.17) is 0 Å². The third kappa shape index (κ3) is 4.10. The molecule has 0 saturated heterocycles. The summed E-state index contributed by atoms with van der Waals surface area (Å²) in [5.41, 5.74) is 0.300. The summed E-state index contributed by atoms with van der Waals surface area (Å²) in [6.45, 7) is 3.12. The maximum Gasteiger partial charge on any atom is 0.254 e. The fourth-order valence-corrected chi connectivity index (χ4v) is 2.61. The molecule has 0 aromatic heterocycles. The summed E-state index contributed by atoms with van der Waals surface area (Å²) in [5.74, 6) is -1.36. The van der Waals surface area contributed by atoms with Gasteiger partial charge in [-0.1, -0.05) is 12.1 Å². The van der Waals surface area contributed by atoms with E-state index in [1.54, 1.807) is 26.0 Å². The van der Waals surface area contributed by atoms with E-state index in [9.17, 15) is 17.6 Å². The lowest BCUT2D eigenvalue weighted by Crippen LogP contribution is -2.37. The van der Waals surface area contributed by atoms with Crippen LogP contribution in [0.1, 0.15) is 22.8 Å². The highest BCUT2D eigenvalue weighted by Crippen LogP contribution is 2.11. The summed E-state index contributed by atoms with van der Waals surface area (Å²) in [7, 11) is -3.18. The van der Waals surface area contributed by atoms with E-state index >= 15 is 0 Å². The zero-order valence-corrected chi connectivity index (χ0v) is 11.3. The fraction of sp³-hybridized carbons (Fsp3) is 0.417. The molecule has 1 amide bonds. The second-order valence-electron chi connectivity index (χ2n) is 4.40. The van der Waals surface area contributed by atoms with Crippen molar-refractivity contribution >= 4 is 15.7 Å². The highest BCUT2D eigenvalue weighted by atomic mass is 32.2. The molecule has 6 heteroatoms. The molecule has 0 heterocycles. The number of carbonyl (C=O) groups excluding carboxylic acids is 1. The summed E-state index contributed by atoms with van der Waals surface area (Å²) < 4.78 is 35.8. The van der Waals surface area contributed by atoms with E-state index < -0.39 is 27.6 Å². The van der Waals surface area contributed by atoms with Crippen LogP contribution in [-0.4, -0.2) is 32.4 Å². The molecule has 0 aliphatic carbocycles. The van der Waals surface area contributed by atoms with Crippen LogP contribution in [0.4, 0.5) is 4.39 Å². The molecule has 1 rings (SSSR count). The van der Waals surface area contributed by atoms with Crippen molar-refractivity contribution in [1.29, 1.82) is 0 Å². The Balaban J connectivity index is 2.80. The molecular formula is C12H16FNO3S. The van der Waals surface area contributed by atoms with E-state index in [1.807, 2.05) is 0 Å². The van der Waals surface area contributed by atoms with Gasteiger partial charge in [0.05, 0.1) is 11.3 Å². The maximum absolute atomic E-state index is 13.7. The minimum absolute atomic E-state index is 0.0737. The number of rotatable bonds is 4. The van der Waals surface area contributed by atoms with Crippen molar-refractivity contribution in [3.8, 4) is 0 Å². The van der Waals surface area contributed by atoms with Crippen LogP contribution < -0.4 is 5.32 Å². The van der Waals surface area contributed by atoms with Gasteiger partial charge in [0.2, 0.25) is 0 Å². The largest absolute Gasteiger partial charge is 0.348 e. The molecule has 1 unspecified atom stereocenters. The van der Waals surface area contributed by atoms with Gasteiger partial charge < -0.3 is 5.32 Å². The number of amides is 1. The van der Waals surface area contributed by atoms with Crippen molar-refractivity contribution in [2.24, 2.45) is 0 Å². The third-order valence-electron chi connectivity index (χ3n) is 2.37. The van der Waals surface area contributed by atoms with Gasteiger partial charge in [0, 0.05) is 12.3 Å². The molecule has 0 aliphatic heterocycles. The predicted octanol–water partition coefficient (Wildman–Crippen LogP) is 1.30. The van der Waals surface area contributed by atoms with E-state index in [0.29, 0.717) is 5.56 Å². The first-order valence-electron chi connectivity index (χ1n) is 5.44. The number of benzene rings is 1. The van der Waals surface area contributed by atoms with Crippen molar-refractivity contribution in [2.45, 2.75) is 19.9 Å². The Morgan fingerprint density at radius 2 is 2.06 bits per heavy atom. The lowest BCUT2D eigenvalue weighted by atomic mass is 10.1. The zero-order valence-electron chi connectivity index (χ0n) is 10.5. The SMILES string of the molecule is Cc1cccc(C(=O)NC(C)CS(C)(=O)=O)c1F. The van der Waals surface area contributed by atoms with Crippen molar-refractivity contribution in [3.05, 3.63) is 35.1 Å². The van der Waals surface area contributed by atoms with E-state index in [-0.39, 0.29) is 11.3 Å². The Bertz CT molecular complexity index is 554. The Hall–Kier alpha value is -1.43. The highest BCUT2D eigenvalue weighted by Gasteiger charge is 2.17. The number of carbonyl (C=O) groups is 1. The highest BCUT2D eigenvalue weighted by molar-refractivity contribution is 7.90. The average Bonchev–Trinajstić information content (AvgIpc) is 2.18. The molecule has 1 N–H and O–H groups in total. The first-order valence-corrected chi connectivity index (χ1v) is 7.50. The van der Waals surface area contributed by atoms with Crippen molar-refractivity contribution in [1.82, 2.24) is 5.32 Å². The van der Waals surface area contributed by atoms with Gasteiger partial charge in [0.1, 0.15) is 15.7 Å². The van der Waals surface area contributed by atoms with Crippen molar-refractivity contribution in [3.63, 3.8) is 0 Å². The Morgan fingerprint density at radius 1 is 1.44 bits per heavy atom. The standard InChI is InChI=1S/C12H16FNO3S/c1-8-5-4-6-10(11(8)13)12(15)14-9(2)7-18(3,16)17/h4-6,9H,7H2,1-3H3,(H,14,15). The summed E-state index contributed by atoms with van der Waals surface area (Å²) in [4.78, 5) is 11.8. The molecule has 1 aromatic carbocycles. The van der Waals surface area contributed by atoms with Crippen molar-refractivity contribution < 1.29 is 17.6 Å². The Labute approximate surface area is 106 Å². The van der Waals surface area contributed by atoms with Crippen LogP contribution >= 0.6 is 0 Å². The van der Waals surface area contributed by atoms with Crippen LogP contribution in [0.3, 0.4) is 0 Å². The number of sulfone groups is 1. The van der Waals surface area contributed by atoms with Crippen molar-refractivity contribution in [2.75, 3.05) is 12.0 Å². The van der Waals surface area contributed by atoms with Gasteiger partial charge in [0.25, 0.3) is 5.91 Å². The van der Waals surface area contributed by atoms with E-state index in [0.717, 1.165) is 6.26 Å². The van der Waals surface area contributed by atoms with Gasteiger partial charge in [-0.2, -0.15) is 0 Å².